The van der Waals surface area contributed by atoms with Crippen LogP contribution in [0.1, 0.15) is 48.6 Å². The van der Waals surface area contributed by atoms with Crippen molar-refractivity contribution >= 4 is 10.1 Å². The Morgan fingerprint density at radius 2 is 1.00 bits per heavy atom. The zero-order chi connectivity index (χ0) is 23.0. The van der Waals surface area contributed by atoms with Gasteiger partial charge in [-0.1, -0.05) is 34.6 Å². The summed E-state index contributed by atoms with van der Waals surface area (Å²) in [5.41, 5.74) is 1.69. The second-order valence-electron chi connectivity index (χ2n) is 4.70. The van der Waals surface area contributed by atoms with E-state index < -0.39 is 15.6 Å². The molecule has 0 bridgehead atoms. The van der Waals surface area contributed by atoms with Crippen molar-refractivity contribution in [3.63, 3.8) is 0 Å². The van der Waals surface area contributed by atoms with Crippen LogP contribution in [0.25, 0.3) is 0 Å². The topological polar surface area (TPSA) is 129 Å². The summed E-state index contributed by atoms with van der Waals surface area (Å²) in [5.74, 6) is 0. The van der Waals surface area contributed by atoms with E-state index in [1.807, 2.05) is 0 Å². The molecule has 0 amide bonds. The molecule has 0 unspecified atom stereocenters. The Labute approximate surface area is 178 Å². The van der Waals surface area contributed by atoms with Gasteiger partial charge in [-0.2, -0.15) is 56.8 Å². The Kier molecular flexibility index (Phi) is 24.4. The van der Waals surface area contributed by atoms with Gasteiger partial charge in [0.05, 0.1) is 18.2 Å². The van der Waals surface area contributed by atoms with Gasteiger partial charge in [0, 0.05) is 20.8 Å². The molecule has 1 aromatic rings. The minimum absolute atomic E-state index is 0. The van der Waals surface area contributed by atoms with Crippen molar-refractivity contribution in [1.82, 2.24) is 0 Å². The van der Waals surface area contributed by atoms with Gasteiger partial charge >= 0.3 is 25.0 Å². The van der Waals surface area contributed by atoms with Crippen LogP contribution in [0.2, 0.25) is 0 Å². The first kappa shape index (κ1) is 37.0. The SMILES string of the molecule is CC#N.CC#N.CC#N.Cc1c(C)c(C)[c-](C)c1C.O=S(=O)([O-])C(F)(F)F.[Ru+2]. The van der Waals surface area contributed by atoms with Crippen molar-refractivity contribution < 1.29 is 45.6 Å². The van der Waals surface area contributed by atoms with Crippen LogP contribution in [-0.2, 0) is 29.6 Å². The summed E-state index contributed by atoms with van der Waals surface area (Å²) >= 11 is 0. The van der Waals surface area contributed by atoms with E-state index >= 15 is 0 Å². The first-order chi connectivity index (χ1) is 12.0. The van der Waals surface area contributed by atoms with Gasteiger partial charge in [0.25, 0.3) is 0 Å². The van der Waals surface area contributed by atoms with Crippen LogP contribution in [0.15, 0.2) is 0 Å². The maximum atomic E-state index is 10.7. The number of nitriles is 3. The Balaban J connectivity index is -0.0000000878. The van der Waals surface area contributed by atoms with Crippen molar-refractivity contribution in [2.75, 3.05) is 0 Å². The molecule has 0 aliphatic heterocycles. The molecular weight excluding hydrogens is 484 g/mol. The van der Waals surface area contributed by atoms with E-state index in [4.69, 9.17) is 28.8 Å². The van der Waals surface area contributed by atoms with Gasteiger partial charge in [-0.05, 0) is 0 Å². The summed E-state index contributed by atoms with van der Waals surface area (Å²) in [7, 11) is -6.09. The number of hydrogen-bond acceptors (Lipinski definition) is 6. The van der Waals surface area contributed by atoms with Crippen LogP contribution in [-0.4, -0.2) is 18.5 Å². The molecular formula is C17H24F3N3O3RuS. The minimum atomic E-state index is -6.09. The molecule has 0 N–H and O–H groups in total. The first-order valence-corrected chi connectivity index (χ1v) is 8.60. The van der Waals surface area contributed by atoms with E-state index in [9.17, 15) is 13.2 Å². The monoisotopic (exact) mass is 509 g/mol. The molecule has 0 aromatic heterocycles. The van der Waals surface area contributed by atoms with Crippen molar-refractivity contribution in [3.8, 4) is 18.2 Å². The Bertz CT molecular complexity index is 673. The normalized spacial score (nSPS) is 8.61. The number of hydrogen-bond donors (Lipinski definition) is 0. The molecule has 160 valence electrons. The summed E-state index contributed by atoms with van der Waals surface area (Å²) in [4.78, 5) is 0. The molecule has 0 fully saturated rings. The molecule has 0 radical (unpaired) electrons. The minimum Gasteiger partial charge on any atom is -0.741 e. The molecule has 11 heteroatoms. The van der Waals surface area contributed by atoms with Crippen molar-refractivity contribution in [1.29, 1.82) is 15.8 Å². The van der Waals surface area contributed by atoms with Gasteiger partial charge in [0.2, 0.25) is 0 Å². The van der Waals surface area contributed by atoms with Crippen LogP contribution in [0.3, 0.4) is 0 Å². The van der Waals surface area contributed by atoms with Crippen LogP contribution in [0.5, 0.6) is 0 Å². The number of alkyl halides is 3. The fraction of sp³-hybridized carbons (Fsp3) is 0.529. The smallest absolute Gasteiger partial charge is 0.741 e. The van der Waals surface area contributed by atoms with Crippen LogP contribution in [0, 0.1) is 68.6 Å². The standard InChI is InChI=1S/C10H15.3C2H3N.CHF3O3S.Ru/c1-6-7(2)9(4)10(5)8(6)3;3*1-2-3;2-1(3,4)8(5,6)7;/h1-5H3;3*1H3;(H,5,6,7);/q-1;;;;;+2/p-1. The quantitative estimate of drug-likeness (QED) is 0.218. The van der Waals surface area contributed by atoms with E-state index in [-0.39, 0.29) is 19.5 Å². The summed E-state index contributed by atoms with van der Waals surface area (Å²) in [6.45, 7) is 15.3. The van der Waals surface area contributed by atoms with Gasteiger partial charge in [-0.25, -0.2) is 8.42 Å². The van der Waals surface area contributed by atoms with Crippen molar-refractivity contribution in [3.05, 3.63) is 27.8 Å². The van der Waals surface area contributed by atoms with Crippen LogP contribution < -0.4 is 0 Å². The molecule has 0 saturated heterocycles. The van der Waals surface area contributed by atoms with E-state index in [0.29, 0.717) is 0 Å². The predicted molar refractivity (Wildman–Crippen MR) is 95.3 cm³/mol. The van der Waals surface area contributed by atoms with Crippen LogP contribution >= 0.6 is 0 Å². The largest absolute Gasteiger partial charge is 2.00 e. The third-order valence-electron chi connectivity index (χ3n) is 3.10. The third-order valence-corrected chi connectivity index (χ3v) is 3.66. The molecule has 1 rings (SSSR count). The van der Waals surface area contributed by atoms with Gasteiger partial charge in [-0.15, -0.1) is 0 Å². The number of halogens is 3. The third kappa shape index (κ3) is 17.6. The molecule has 0 saturated carbocycles. The molecule has 6 nitrogen and oxygen atoms in total. The van der Waals surface area contributed by atoms with E-state index in [0.717, 1.165) is 0 Å². The fourth-order valence-electron chi connectivity index (χ4n) is 1.41. The average Bonchev–Trinajstić information content (AvgIpc) is 2.66. The Morgan fingerprint density at radius 1 is 0.857 bits per heavy atom. The van der Waals surface area contributed by atoms with Gasteiger partial charge in [-0.3, -0.25) is 0 Å². The molecule has 0 heterocycles. The maximum Gasteiger partial charge on any atom is 2.00 e. The molecule has 1 aromatic carbocycles. The molecule has 28 heavy (non-hydrogen) atoms. The fourth-order valence-corrected chi connectivity index (χ4v) is 1.41. The first-order valence-electron chi connectivity index (χ1n) is 7.19. The van der Waals surface area contributed by atoms with Gasteiger partial charge in [0.15, 0.2) is 10.1 Å². The van der Waals surface area contributed by atoms with Gasteiger partial charge in [0.1, 0.15) is 0 Å². The number of rotatable bonds is 0. The van der Waals surface area contributed by atoms with E-state index in [1.165, 1.54) is 48.6 Å². The predicted octanol–water partition coefficient (Wildman–Crippen LogP) is 4.59. The average molecular weight is 509 g/mol. The maximum absolute atomic E-state index is 10.7. The second kappa shape index (κ2) is 18.5. The zero-order valence-electron chi connectivity index (χ0n) is 17.0. The second-order valence-corrected chi connectivity index (χ2v) is 6.07. The summed E-state index contributed by atoms with van der Waals surface area (Å²) in [5, 5.41) is 22.0. The molecule has 0 aliphatic carbocycles. The zero-order valence-corrected chi connectivity index (χ0v) is 19.5. The number of nitrogens with zero attached hydrogens (tertiary/aromatic N) is 3. The van der Waals surface area contributed by atoms with Gasteiger partial charge < -0.3 is 4.55 Å². The van der Waals surface area contributed by atoms with E-state index in [1.54, 1.807) is 18.2 Å². The Hall–Kier alpha value is -1.86. The molecule has 0 spiro atoms. The molecule has 0 aliphatic rings. The van der Waals surface area contributed by atoms with E-state index in [2.05, 4.69) is 34.6 Å². The Morgan fingerprint density at radius 3 is 1.04 bits per heavy atom. The summed E-state index contributed by atoms with van der Waals surface area (Å²) < 4.78 is 58.9. The molecule has 0 atom stereocenters. The van der Waals surface area contributed by atoms with Crippen molar-refractivity contribution in [2.24, 2.45) is 0 Å². The summed E-state index contributed by atoms with van der Waals surface area (Å²) in [6.07, 6.45) is 0. The van der Waals surface area contributed by atoms with Crippen LogP contribution in [0.4, 0.5) is 13.2 Å². The van der Waals surface area contributed by atoms with Crippen molar-refractivity contribution in [2.45, 2.75) is 60.9 Å². The summed E-state index contributed by atoms with van der Waals surface area (Å²) in [6, 6.07) is 5.25.